The van der Waals surface area contributed by atoms with Crippen molar-refractivity contribution in [3.63, 3.8) is 0 Å². The van der Waals surface area contributed by atoms with E-state index in [0.29, 0.717) is 16.9 Å². The number of halogens is 1. The van der Waals surface area contributed by atoms with Gasteiger partial charge in [0.25, 0.3) is 0 Å². The van der Waals surface area contributed by atoms with Crippen molar-refractivity contribution in [3.05, 3.63) is 28.2 Å². The van der Waals surface area contributed by atoms with E-state index in [4.69, 9.17) is 4.74 Å². The third-order valence-corrected chi connectivity index (χ3v) is 6.62. The van der Waals surface area contributed by atoms with Gasteiger partial charge in [-0.2, -0.15) is 0 Å². The van der Waals surface area contributed by atoms with Gasteiger partial charge in [0.1, 0.15) is 5.75 Å². The van der Waals surface area contributed by atoms with Gasteiger partial charge in [-0.15, -0.1) is 0 Å². The largest absolute Gasteiger partial charge is 0.496 e. The third-order valence-electron chi connectivity index (χ3n) is 6.00. The van der Waals surface area contributed by atoms with Crippen LogP contribution in [0.2, 0.25) is 0 Å². The van der Waals surface area contributed by atoms with Gasteiger partial charge in [-0.1, -0.05) is 26.8 Å². The van der Waals surface area contributed by atoms with Crippen molar-refractivity contribution in [3.8, 4) is 5.75 Å². The summed E-state index contributed by atoms with van der Waals surface area (Å²) in [5.41, 5.74) is 2.21. The molecule has 116 valence electrons. The summed E-state index contributed by atoms with van der Waals surface area (Å²) in [5, 5.41) is 3.86. The lowest BCUT2D eigenvalue weighted by atomic mass is 9.68. The van der Waals surface area contributed by atoms with Crippen LogP contribution >= 0.6 is 15.9 Å². The summed E-state index contributed by atoms with van der Waals surface area (Å²) in [6.07, 6.45) is 4.19. The summed E-state index contributed by atoms with van der Waals surface area (Å²) in [7, 11) is 1.70. The molecule has 2 fully saturated rings. The van der Waals surface area contributed by atoms with Gasteiger partial charge in [0, 0.05) is 12.6 Å². The molecular weight excluding hydrogens is 326 g/mol. The molecule has 3 heteroatoms. The molecule has 1 N–H and O–H groups in total. The zero-order valence-electron chi connectivity index (χ0n) is 13.5. The molecule has 2 saturated carbocycles. The predicted octanol–water partition coefficient (Wildman–Crippen LogP) is 4.76. The van der Waals surface area contributed by atoms with Gasteiger partial charge in [0.05, 0.1) is 11.6 Å². The van der Waals surface area contributed by atoms with Crippen molar-refractivity contribution >= 4 is 15.9 Å². The summed E-state index contributed by atoms with van der Waals surface area (Å²) in [6, 6.07) is 6.96. The number of methoxy groups -OCH3 is 1. The fraction of sp³-hybridized carbons (Fsp3) is 0.667. The Hall–Kier alpha value is -0.540. The first-order valence-electron chi connectivity index (χ1n) is 7.92. The summed E-state index contributed by atoms with van der Waals surface area (Å²) in [6.45, 7) is 8.30. The molecule has 0 saturated heterocycles. The Balaban J connectivity index is 1.72. The average molecular weight is 352 g/mol. The van der Waals surface area contributed by atoms with Crippen LogP contribution in [-0.4, -0.2) is 13.2 Å². The van der Waals surface area contributed by atoms with E-state index in [-0.39, 0.29) is 0 Å². The Kier molecular flexibility index (Phi) is 3.86. The van der Waals surface area contributed by atoms with Crippen LogP contribution in [0.4, 0.5) is 0 Å². The van der Waals surface area contributed by atoms with E-state index in [1.165, 1.54) is 24.8 Å². The Morgan fingerprint density at radius 1 is 1.33 bits per heavy atom. The average Bonchev–Trinajstić information content (AvgIpc) is 2.89. The van der Waals surface area contributed by atoms with Gasteiger partial charge in [-0.25, -0.2) is 0 Å². The lowest BCUT2D eigenvalue weighted by Gasteiger charge is -2.43. The number of nitrogens with one attached hydrogen (secondary N) is 1. The van der Waals surface area contributed by atoms with Crippen LogP contribution in [0.5, 0.6) is 5.75 Å². The van der Waals surface area contributed by atoms with Crippen LogP contribution in [0.3, 0.4) is 0 Å². The lowest BCUT2D eigenvalue weighted by molar-refractivity contribution is 0.108. The Bertz CT molecular complexity index is 537. The Morgan fingerprint density at radius 3 is 2.67 bits per heavy atom. The number of hydrogen-bond acceptors (Lipinski definition) is 2. The molecule has 3 rings (SSSR count). The Labute approximate surface area is 136 Å². The molecule has 0 amide bonds. The van der Waals surface area contributed by atoms with Crippen LogP contribution in [0.25, 0.3) is 0 Å². The molecule has 21 heavy (non-hydrogen) atoms. The monoisotopic (exact) mass is 351 g/mol. The molecule has 0 aliphatic heterocycles. The standard InChI is InChI=1S/C18H26BrNO/c1-17(2)13-7-8-18(3,10-13)16(17)20-11-12-5-6-15(21-4)14(19)9-12/h5-6,9,13,16,20H,7-8,10-11H2,1-4H3. The molecule has 1 aromatic carbocycles. The number of rotatable bonds is 4. The molecule has 3 unspecified atom stereocenters. The van der Waals surface area contributed by atoms with Gasteiger partial charge < -0.3 is 10.1 Å². The molecule has 0 heterocycles. The molecule has 3 atom stereocenters. The SMILES string of the molecule is COc1ccc(CNC2C3(C)CCC(C3)C2(C)C)cc1Br. The minimum absolute atomic E-state index is 0.413. The van der Waals surface area contributed by atoms with Crippen molar-refractivity contribution in [1.82, 2.24) is 5.32 Å². The molecule has 0 aromatic heterocycles. The number of benzene rings is 1. The highest BCUT2D eigenvalue weighted by Gasteiger charge is 2.58. The lowest BCUT2D eigenvalue weighted by Crippen LogP contribution is -2.49. The molecule has 2 aliphatic carbocycles. The van der Waals surface area contributed by atoms with Crippen LogP contribution in [0, 0.1) is 16.7 Å². The molecule has 0 radical (unpaired) electrons. The van der Waals surface area contributed by atoms with Crippen LogP contribution in [0.1, 0.15) is 45.6 Å². The van der Waals surface area contributed by atoms with E-state index >= 15 is 0 Å². The number of fused-ring (bicyclic) bond motifs is 2. The highest BCUT2D eigenvalue weighted by atomic mass is 79.9. The second-order valence-electron chi connectivity index (χ2n) is 7.70. The van der Waals surface area contributed by atoms with E-state index < -0.39 is 0 Å². The molecule has 0 spiro atoms. The fourth-order valence-corrected chi connectivity index (χ4v) is 5.44. The zero-order valence-corrected chi connectivity index (χ0v) is 15.1. The van der Waals surface area contributed by atoms with Crippen LogP contribution in [-0.2, 0) is 6.54 Å². The number of hydrogen-bond donors (Lipinski definition) is 1. The third kappa shape index (κ3) is 2.53. The van der Waals surface area contributed by atoms with E-state index in [9.17, 15) is 0 Å². The topological polar surface area (TPSA) is 21.3 Å². The van der Waals surface area contributed by atoms with E-state index in [1.807, 2.05) is 6.07 Å². The maximum absolute atomic E-state index is 5.30. The molecule has 1 aromatic rings. The zero-order chi connectivity index (χ0) is 15.3. The summed E-state index contributed by atoms with van der Waals surface area (Å²) in [5.74, 6) is 1.79. The second-order valence-corrected chi connectivity index (χ2v) is 8.55. The molecule has 2 nitrogen and oxygen atoms in total. The van der Waals surface area contributed by atoms with Crippen molar-refractivity contribution < 1.29 is 4.74 Å². The number of ether oxygens (including phenoxy) is 1. The van der Waals surface area contributed by atoms with Crippen LogP contribution in [0.15, 0.2) is 22.7 Å². The smallest absolute Gasteiger partial charge is 0.133 e. The quantitative estimate of drug-likeness (QED) is 0.843. The fourth-order valence-electron chi connectivity index (χ4n) is 4.85. The van der Waals surface area contributed by atoms with Crippen molar-refractivity contribution in [1.29, 1.82) is 0 Å². The Morgan fingerprint density at radius 2 is 2.10 bits per heavy atom. The minimum atomic E-state index is 0.413. The molecule has 2 aliphatic rings. The first-order chi connectivity index (χ1) is 9.87. The van der Waals surface area contributed by atoms with Gasteiger partial charge in [0.15, 0.2) is 0 Å². The second kappa shape index (κ2) is 5.27. The van der Waals surface area contributed by atoms with E-state index in [1.54, 1.807) is 7.11 Å². The highest BCUT2D eigenvalue weighted by molar-refractivity contribution is 9.10. The van der Waals surface area contributed by atoms with Crippen molar-refractivity contribution in [2.75, 3.05) is 7.11 Å². The first kappa shape index (κ1) is 15.4. The van der Waals surface area contributed by atoms with Gasteiger partial charge in [0.2, 0.25) is 0 Å². The summed E-state index contributed by atoms with van der Waals surface area (Å²) < 4.78 is 6.33. The van der Waals surface area contributed by atoms with Crippen molar-refractivity contribution in [2.24, 2.45) is 16.7 Å². The highest BCUT2D eigenvalue weighted by Crippen LogP contribution is 2.62. The first-order valence-corrected chi connectivity index (χ1v) is 8.72. The maximum atomic E-state index is 5.30. The molecule has 2 bridgehead atoms. The minimum Gasteiger partial charge on any atom is -0.496 e. The predicted molar refractivity (Wildman–Crippen MR) is 90.6 cm³/mol. The van der Waals surface area contributed by atoms with Crippen LogP contribution < -0.4 is 10.1 Å². The van der Waals surface area contributed by atoms with Gasteiger partial charge >= 0.3 is 0 Å². The maximum Gasteiger partial charge on any atom is 0.133 e. The molecular formula is C18H26BrNO. The van der Waals surface area contributed by atoms with Gasteiger partial charge in [-0.05, 0) is 69.6 Å². The summed E-state index contributed by atoms with van der Waals surface area (Å²) >= 11 is 3.57. The van der Waals surface area contributed by atoms with Gasteiger partial charge in [-0.3, -0.25) is 0 Å². The normalized spacial score (nSPS) is 33.4. The van der Waals surface area contributed by atoms with Crippen molar-refractivity contribution in [2.45, 2.75) is 52.6 Å². The van der Waals surface area contributed by atoms with E-state index in [0.717, 1.165) is 22.7 Å². The van der Waals surface area contributed by atoms with E-state index in [2.05, 4.69) is 54.2 Å². The summed E-state index contributed by atoms with van der Waals surface area (Å²) in [4.78, 5) is 0.